The van der Waals surface area contributed by atoms with Crippen LogP contribution in [0.2, 0.25) is 0 Å². The monoisotopic (exact) mass is 467 g/mol. The van der Waals surface area contributed by atoms with E-state index in [9.17, 15) is 9.90 Å². The maximum atomic E-state index is 13.6. The lowest BCUT2D eigenvalue weighted by Crippen LogP contribution is -2.38. The van der Waals surface area contributed by atoms with Crippen LogP contribution in [0, 0.1) is 6.92 Å². The number of morpholine rings is 1. The Kier molecular flexibility index (Phi) is 6.64. The Bertz CT molecular complexity index is 1260. The molecule has 0 radical (unpaired) electrons. The summed E-state index contributed by atoms with van der Waals surface area (Å²) in [7, 11) is 0. The lowest BCUT2D eigenvalue weighted by atomic mass is 9.94. The Morgan fingerprint density at radius 2 is 1.71 bits per heavy atom. The fourth-order valence-corrected chi connectivity index (χ4v) is 4.45. The Morgan fingerprint density at radius 1 is 0.971 bits per heavy atom. The van der Waals surface area contributed by atoms with Crippen LogP contribution in [0.5, 0.6) is 0 Å². The van der Waals surface area contributed by atoms with Gasteiger partial charge in [-0.3, -0.25) is 4.79 Å². The van der Waals surface area contributed by atoms with Gasteiger partial charge in [-0.05, 0) is 36.3 Å². The third-order valence-corrected chi connectivity index (χ3v) is 6.41. The number of amides is 1. The molecule has 1 aromatic heterocycles. The first-order valence-corrected chi connectivity index (χ1v) is 11.9. The van der Waals surface area contributed by atoms with Crippen LogP contribution in [0.1, 0.15) is 22.4 Å². The first-order chi connectivity index (χ1) is 17.1. The standard InChI is InChI=1S/C29H29N3O3/c1-21-10-12-22(13-11-21)19-32-20-26(23-6-3-2-4-7-23)28(33)25(29(32)34)18-24-8-5-9-27(30-24)31-14-16-35-17-15-31/h2-13,18,33H,14-17,19-20H2,1H3/b25-18-. The van der Waals surface area contributed by atoms with Crippen molar-refractivity contribution in [3.8, 4) is 0 Å². The van der Waals surface area contributed by atoms with Crippen LogP contribution in [-0.2, 0) is 16.1 Å². The summed E-state index contributed by atoms with van der Waals surface area (Å²) < 4.78 is 5.45. The minimum atomic E-state index is -0.207. The lowest BCUT2D eigenvalue weighted by Gasteiger charge is -2.31. The number of carbonyl (C=O) groups is 1. The van der Waals surface area contributed by atoms with Crippen molar-refractivity contribution >= 4 is 23.4 Å². The number of nitrogens with zero attached hydrogens (tertiary/aromatic N) is 3. The normalized spacial score (nSPS) is 17.9. The van der Waals surface area contributed by atoms with E-state index < -0.39 is 0 Å². The number of pyridine rings is 1. The van der Waals surface area contributed by atoms with E-state index >= 15 is 0 Å². The van der Waals surface area contributed by atoms with E-state index in [2.05, 4.69) is 4.90 Å². The van der Waals surface area contributed by atoms with Crippen LogP contribution in [0.15, 0.2) is 84.1 Å². The Balaban J connectivity index is 1.52. The zero-order valence-corrected chi connectivity index (χ0v) is 19.9. The molecule has 178 valence electrons. The molecule has 6 heteroatoms. The average Bonchev–Trinajstić information content (AvgIpc) is 2.90. The molecule has 2 aliphatic rings. The van der Waals surface area contributed by atoms with Crippen molar-refractivity contribution in [2.24, 2.45) is 0 Å². The highest BCUT2D eigenvalue weighted by atomic mass is 16.5. The first kappa shape index (κ1) is 22.9. The number of aryl methyl sites for hydroxylation is 1. The summed E-state index contributed by atoms with van der Waals surface area (Å²) in [5.74, 6) is 0.649. The smallest absolute Gasteiger partial charge is 0.258 e. The Morgan fingerprint density at radius 3 is 2.46 bits per heavy atom. The highest BCUT2D eigenvalue weighted by molar-refractivity contribution is 6.06. The second kappa shape index (κ2) is 10.2. The lowest BCUT2D eigenvalue weighted by molar-refractivity contribution is -0.127. The van der Waals surface area contributed by atoms with Crippen molar-refractivity contribution in [1.29, 1.82) is 0 Å². The predicted molar refractivity (Wildman–Crippen MR) is 138 cm³/mol. The van der Waals surface area contributed by atoms with Crippen molar-refractivity contribution in [2.45, 2.75) is 13.5 Å². The summed E-state index contributed by atoms with van der Waals surface area (Å²) >= 11 is 0. The minimum absolute atomic E-state index is 0.0138. The van der Waals surface area contributed by atoms with Crippen LogP contribution in [-0.4, -0.2) is 53.7 Å². The SMILES string of the molecule is Cc1ccc(CN2CC(c3ccccc3)=C(O)/C(=C/c3cccc(N4CCOCC4)n3)C2=O)cc1. The number of rotatable bonds is 5. The van der Waals surface area contributed by atoms with Crippen molar-refractivity contribution in [1.82, 2.24) is 9.88 Å². The van der Waals surface area contributed by atoms with Crippen molar-refractivity contribution in [3.05, 3.63) is 107 Å². The molecule has 0 bridgehead atoms. The van der Waals surface area contributed by atoms with Crippen LogP contribution in [0.4, 0.5) is 5.82 Å². The molecule has 0 aliphatic carbocycles. The molecule has 35 heavy (non-hydrogen) atoms. The Hall–Kier alpha value is -3.90. The second-order valence-corrected chi connectivity index (χ2v) is 8.92. The van der Waals surface area contributed by atoms with E-state index in [-0.39, 0.29) is 17.2 Å². The van der Waals surface area contributed by atoms with Gasteiger partial charge in [0.1, 0.15) is 11.6 Å². The molecule has 0 atom stereocenters. The number of carbonyl (C=O) groups excluding carboxylic acids is 1. The molecule has 3 aromatic rings. The summed E-state index contributed by atoms with van der Waals surface area (Å²) in [5, 5.41) is 11.3. The molecule has 6 nitrogen and oxygen atoms in total. The van der Waals surface area contributed by atoms with Crippen molar-refractivity contribution < 1.29 is 14.6 Å². The van der Waals surface area contributed by atoms with Crippen LogP contribution < -0.4 is 4.90 Å². The molecule has 1 fully saturated rings. The quantitative estimate of drug-likeness (QED) is 0.555. The topological polar surface area (TPSA) is 65.9 Å². The van der Waals surface area contributed by atoms with E-state index in [0.717, 1.165) is 35.6 Å². The van der Waals surface area contributed by atoms with Crippen LogP contribution in [0.25, 0.3) is 11.6 Å². The van der Waals surface area contributed by atoms with Gasteiger partial charge in [-0.2, -0.15) is 0 Å². The van der Waals surface area contributed by atoms with Gasteiger partial charge in [-0.15, -0.1) is 0 Å². The predicted octanol–water partition coefficient (Wildman–Crippen LogP) is 4.62. The van der Waals surface area contributed by atoms with Gasteiger partial charge in [0.25, 0.3) is 5.91 Å². The molecule has 1 N–H and O–H groups in total. The number of hydrogen-bond acceptors (Lipinski definition) is 5. The molecular formula is C29H29N3O3. The highest BCUT2D eigenvalue weighted by Gasteiger charge is 2.31. The van der Waals surface area contributed by atoms with Gasteiger partial charge in [0.2, 0.25) is 0 Å². The molecule has 0 unspecified atom stereocenters. The first-order valence-electron chi connectivity index (χ1n) is 11.9. The molecule has 0 spiro atoms. The number of benzene rings is 2. The molecule has 3 heterocycles. The fourth-order valence-electron chi connectivity index (χ4n) is 4.45. The largest absolute Gasteiger partial charge is 0.507 e. The average molecular weight is 468 g/mol. The van der Waals surface area contributed by atoms with Crippen molar-refractivity contribution in [3.63, 3.8) is 0 Å². The number of ether oxygens (including phenoxy) is 1. The fraction of sp³-hybridized carbons (Fsp3) is 0.241. The zero-order valence-electron chi connectivity index (χ0n) is 19.9. The van der Waals surface area contributed by atoms with E-state index in [4.69, 9.17) is 9.72 Å². The summed E-state index contributed by atoms with van der Waals surface area (Å²) in [6, 6.07) is 23.7. The maximum absolute atomic E-state index is 13.6. The molecule has 1 saturated heterocycles. The van der Waals surface area contributed by atoms with E-state index in [1.807, 2.05) is 79.7 Å². The molecule has 2 aliphatic heterocycles. The minimum Gasteiger partial charge on any atom is -0.507 e. The zero-order chi connectivity index (χ0) is 24.2. The van der Waals surface area contributed by atoms with Gasteiger partial charge < -0.3 is 19.6 Å². The third kappa shape index (κ3) is 5.12. The molecular weight excluding hydrogens is 438 g/mol. The van der Waals surface area contributed by atoms with Gasteiger partial charge in [0.15, 0.2) is 0 Å². The molecule has 2 aromatic carbocycles. The third-order valence-electron chi connectivity index (χ3n) is 6.41. The maximum Gasteiger partial charge on any atom is 0.258 e. The number of hydrogen-bond donors (Lipinski definition) is 1. The summed E-state index contributed by atoms with van der Waals surface area (Å²) in [4.78, 5) is 22.3. The van der Waals surface area contributed by atoms with Crippen molar-refractivity contribution in [2.75, 3.05) is 37.7 Å². The summed E-state index contributed by atoms with van der Waals surface area (Å²) in [6.07, 6.45) is 1.70. The Labute approximate surface area is 205 Å². The van der Waals surface area contributed by atoms with Gasteiger partial charge in [0.05, 0.1) is 31.0 Å². The van der Waals surface area contributed by atoms with E-state index in [1.54, 1.807) is 11.0 Å². The van der Waals surface area contributed by atoms with Crippen LogP contribution >= 0.6 is 0 Å². The van der Waals surface area contributed by atoms with Gasteiger partial charge in [0, 0.05) is 25.2 Å². The van der Waals surface area contributed by atoms with Gasteiger partial charge in [-0.25, -0.2) is 4.98 Å². The highest BCUT2D eigenvalue weighted by Crippen LogP contribution is 2.31. The summed E-state index contributed by atoms with van der Waals surface area (Å²) in [6.45, 7) is 5.73. The molecule has 0 saturated carbocycles. The van der Waals surface area contributed by atoms with E-state index in [0.29, 0.717) is 32.0 Å². The van der Waals surface area contributed by atoms with Gasteiger partial charge in [-0.1, -0.05) is 66.2 Å². The summed E-state index contributed by atoms with van der Waals surface area (Å²) in [5.41, 5.74) is 4.74. The van der Waals surface area contributed by atoms with Crippen LogP contribution in [0.3, 0.4) is 0 Å². The number of anilines is 1. The number of aliphatic hydroxyl groups is 1. The van der Waals surface area contributed by atoms with E-state index in [1.165, 1.54) is 5.56 Å². The molecule has 5 rings (SSSR count). The van der Waals surface area contributed by atoms with Gasteiger partial charge >= 0.3 is 0 Å². The number of aliphatic hydroxyl groups excluding tert-OH is 1. The second-order valence-electron chi connectivity index (χ2n) is 8.92. The molecule has 1 amide bonds. The number of aromatic nitrogens is 1.